The maximum atomic E-state index is 11.6. The molecular formula is C13H25N3O. The fourth-order valence-electron chi connectivity index (χ4n) is 2.89. The first kappa shape index (κ1) is 12.8. The number of piperidine rings is 1. The standard InChI is InChI=1S/C13H25N3O/c1-3-13(17)16-6-4-12(5-7-16)15-10-8-14(2)9-11-15/h12H,3-11H2,1-2H3. The van der Waals surface area contributed by atoms with Gasteiger partial charge in [-0.3, -0.25) is 9.69 Å². The number of hydrogen-bond acceptors (Lipinski definition) is 3. The van der Waals surface area contributed by atoms with E-state index < -0.39 is 0 Å². The van der Waals surface area contributed by atoms with Crippen LogP contribution in [0.5, 0.6) is 0 Å². The van der Waals surface area contributed by atoms with Gasteiger partial charge in [0, 0.05) is 51.7 Å². The third kappa shape index (κ3) is 3.19. The van der Waals surface area contributed by atoms with Crippen LogP contribution in [0.3, 0.4) is 0 Å². The van der Waals surface area contributed by atoms with Crippen molar-refractivity contribution in [3.05, 3.63) is 0 Å². The number of carbonyl (C=O) groups is 1. The van der Waals surface area contributed by atoms with Crippen LogP contribution in [0, 0.1) is 0 Å². The number of carbonyl (C=O) groups excluding carboxylic acids is 1. The Morgan fingerprint density at radius 1 is 1.06 bits per heavy atom. The largest absolute Gasteiger partial charge is 0.343 e. The topological polar surface area (TPSA) is 26.8 Å². The van der Waals surface area contributed by atoms with Crippen LogP contribution >= 0.6 is 0 Å². The zero-order valence-corrected chi connectivity index (χ0v) is 11.2. The van der Waals surface area contributed by atoms with E-state index in [4.69, 9.17) is 0 Å². The Morgan fingerprint density at radius 2 is 1.65 bits per heavy atom. The Morgan fingerprint density at radius 3 is 2.18 bits per heavy atom. The van der Waals surface area contributed by atoms with Gasteiger partial charge in [0.25, 0.3) is 0 Å². The van der Waals surface area contributed by atoms with Crippen molar-refractivity contribution in [2.45, 2.75) is 32.2 Å². The van der Waals surface area contributed by atoms with E-state index in [1.54, 1.807) is 0 Å². The van der Waals surface area contributed by atoms with E-state index in [2.05, 4.69) is 16.8 Å². The highest BCUT2D eigenvalue weighted by molar-refractivity contribution is 5.75. The molecule has 0 spiro atoms. The van der Waals surface area contributed by atoms with Gasteiger partial charge in [-0.15, -0.1) is 0 Å². The Labute approximate surface area is 105 Å². The molecule has 2 rings (SSSR count). The molecule has 0 N–H and O–H groups in total. The minimum Gasteiger partial charge on any atom is -0.343 e. The van der Waals surface area contributed by atoms with Crippen molar-refractivity contribution in [2.75, 3.05) is 46.3 Å². The van der Waals surface area contributed by atoms with E-state index in [1.165, 1.54) is 26.2 Å². The smallest absolute Gasteiger partial charge is 0.222 e. The van der Waals surface area contributed by atoms with Gasteiger partial charge in [-0.25, -0.2) is 0 Å². The van der Waals surface area contributed by atoms with E-state index in [-0.39, 0.29) is 0 Å². The van der Waals surface area contributed by atoms with Crippen LogP contribution in [0.2, 0.25) is 0 Å². The van der Waals surface area contributed by atoms with Gasteiger partial charge in [0.1, 0.15) is 0 Å². The number of likely N-dealkylation sites (N-methyl/N-ethyl adjacent to an activating group) is 1. The first-order chi connectivity index (χ1) is 8.20. The molecule has 2 aliphatic rings. The van der Waals surface area contributed by atoms with E-state index in [0.717, 1.165) is 25.9 Å². The minimum atomic E-state index is 0.321. The summed E-state index contributed by atoms with van der Waals surface area (Å²) in [5.41, 5.74) is 0. The second kappa shape index (κ2) is 5.83. The molecule has 2 fully saturated rings. The molecule has 2 saturated heterocycles. The van der Waals surface area contributed by atoms with Crippen LogP contribution in [0.15, 0.2) is 0 Å². The first-order valence-corrected chi connectivity index (χ1v) is 6.91. The van der Waals surface area contributed by atoms with Crippen molar-refractivity contribution in [3.8, 4) is 0 Å². The lowest BCUT2D eigenvalue weighted by atomic mass is 10.0. The molecule has 4 heteroatoms. The zero-order valence-electron chi connectivity index (χ0n) is 11.2. The summed E-state index contributed by atoms with van der Waals surface area (Å²) in [7, 11) is 2.19. The van der Waals surface area contributed by atoms with Gasteiger partial charge in [-0.2, -0.15) is 0 Å². The Balaban J connectivity index is 1.77. The predicted molar refractivity (Wildman–Crippen MR) is 69.0 cm³/mol. The van der Waals surface area contributed by atoms with Crippen molar-refractivity contribution in [2.24, 2.45) is 0 Å². The average Bonchev–Trinajstić information content (AvgIpc) is 2.39. The number of rotatable bonds is 2. The maximum absolute atomic E-state index is 11.6. The summed E-state index contributed by atoms with van der Waals surface area (Å²) in [6, 6.07) is 0.713. The molecule has 0 saturated carbocycles. The number of nitrogens with zero attached hydrogens (tertiary/aromatic N) is 3. The summed E-state index contributed by atoms with van der Waals surface area (Å²) in [5.74, 6) is 0.321. The summed E-state index contributed by atoms with van der Waals surface area (Å²) in [5, 5.41) is 0. The van der Waals surface area contributed by atoms with Gasteiger partial charge in [0.15, 0.2) is 0 Å². The van der Waals surface area contributed by atoms with Crippen LogP contribution in [-0.2, 0) is 4.79 Å². The van der Waals surface area contributed by atoms with Crippen molar-refractivity contribution < 1.29 is 4.79 Å². The molecule has 0 aromatic carbocycles. The maximum Gasteiger partial charge on any atom is 0.222 e. The van der Waals surface area contributed by atoms with Gasteiger partial charge in [-0.05, 0) is 19.9 Å². The molecule has 0 aromatic rings. The van der Waals surface area contributed by atoms with Crippen molar-refractivity contribution in [1.82, 2.24) is 14.7 Å². The lowest BCUT2D eigenvalue weighted by Gasteiger charge is -2.42. The molecule has 1 amide bonds. The fourth-order valence-corrected chi connectivity index (χ4v) is 2.89. The van der Waals surface area contributed by atoms with E-state index in [0.29, 0.717) is 18.4 Å². The zero-order chi connectivity index (χ0) is 12.3. The van der Waals surface area contributed by atoms with E-state index in [1.807, 2.05) is 11.8 Å². The Kier molecular flexibility index (Phi) is 4.40. The van der Waals surface area contributed by atoms with Gasteiger partial charge < -0.3 is 9.80 Å². The van der Waals surface area contributed by atoms with Gasteiger partial charge in [0.2, 0.25) is 5.91 Å². The summed E-state index contributed by atoms with van der Waals surface area (Å²) < 4.78 is 0. The van der Waals surface area contributed by atoms with Gasteiger partial charge >= 0.3 is 0 Å². The SMILES string of the molecule is CCC(=O)N1CCC(N2CCN(C)CC2)CC1. The van der Waals surface area contributed by atoms with Crippen LogP contribution in [0.25, 0.3) is 0 Å². The molecular weight excluding hydrogens is 214 g/mol. The minimum absolute atomic E-state index is 0.321. The molecule has 0 bridgehead atoms. The van der Waals surface area contributed by atoms with Crippen molar-refractivity contribution in [3.63, 3.8) is 0 Å². The molecule has 98 valence electrons. The lowest BCUT2D eigenvalue weighted by molar-refractivity contribution is -0.132. The summed E-state index contributed by atoms with van der Waals surface area (Å²) >= 11 is 0. The average molecular weight is 239 g/mol. The third-order valence-corrected chi connectivity index (χ3v) is 4.17. The number of hydrogen-bond donors (Lipinski definition) is 0. The number of piperazine rings is 1. The van der Waals surface area contributed by atoms with Gasteiger partial charge in [0.05, 0.1) is 0 Å². The summed E-state index contributed by atoms with van der Waals surface area (Å²) in [6.07, 6.45) is 2.98. The molecule has 2 aliphatic heterocycles. The van der Waals surface area contributed by atoms with E-state index in [9.17, 15) is 4.79 Å². The van der Waals surface area contributed by atoms with Crippen molar-refractivity contribution >= 4 is 5.91 Å². The number of amides is 1. The van der Waals surface area contributed by atoms with Crippen LogP contribution in [-0.4, -0.2) is 73.0 Å². The highest BCUT2D eigenvalue weighted by atomic mass is 16.2. The third-order valence-electron chi connectivity index (χ3n) is 4.17. The Bertz CT molecular complexity index is 253. The molecule has 0 atom stereocenters. The second-order valence-corrected chi connectivity index (χ2v) is 5.30. The highest BCUT2D eigenvalue weighted by Crippen LogP contribution is 2.18. The number of likely N-dealkylation sites (tertiary alicyclic amines) is 1. The molecule has 4 nitrogen and oxygen atoms in total. The molecule has 2 heterocycles. The van der Waals surface area contributed by atoms with Crippen LogP contribution < -0.4 is 0 Å². The second-order valence-electron chi connectivity index (χ2n) is 5.30. The quantitative estimate of drug-likeness (QED) is 0.707. The Hall–Kier alpha value is -0.610. The first-order valence-electron chi connectivity index (χ1n) is 6.91. The van der Waals surface area contributed by atoms with Crippen LogP contribution in [0.1, 0.15) is 26.2 Å². The molecule has 0 radical (unpaired) electrons. The van der Waals surface area contributed by atoms with Crippen molar-refractivity contribution in [1.29, 1.82) is 0 Å². The summed E-state index contributed by atoms with van der Waals surface area (Å²) in [6.45, 7) is 8.65. The summed E-state index contributed by atoms with van der Waals surface area (Å²) in [4.78, 5) is 18.6. The highest BCUT2D eigenvalue weighted by Gasteiger charge is 2.27. The normalized spacial score (nSPS) is 25.2. The van der Waals surface area contributed by atoms with Gasteiger partial charge in [-0.1, -0.05) is 6.92 Å². The molecule has 17 heavy (non-hydrogen) atoms. The molecule has 0 unspecified atom stereocenters. The van der Waals surface area contributed by atoms with E-state index >= 15 is 0 Å². The predicted octanol–water partition coefficient (Wildman–Crippen LogP) is 0.635. The van der Waals surface area contributed by atoms with Crippen LogP contribution in [0.4, 0.5) is 0 Å². The lowest BCUT2D eigenvalue weighted by Crippen LogP contribution is -2.52. The molecule has 0 aromatic heterocycles. The fraction of sp³-hybridized carbons (Fsp3) is 0.923. The monoisotopic (exact) mass is 239 g/mol. The molecule has 0 aliphatic carbocycles.